The summed E-state index contributed by atoms with van der Waals surface area (Å²) in [6, 6.07) is -0.586. The molecule has 0 saturated carbocycles. The van der Waals surface area contributed by atoms with E-state index in [1.807, 2.05) is 0 Å². The molecule has 4 N–H and O–H groups in total. The highest BCUT2D eigenvalue weighted by molar-refractivity contribution is 8.04. The van der Waals surface area contributed by atoms with Gasteiger partial charge in [-0.1, -0.05) is 18.2 Å². The van der Waals surface area contributed by atoms with Crippen LogP contribution < -0.4 is 11.5 Å². The van der Waals surface area contributed by atoms with Crippen LogP contribution in [0.5, 0.6) is 0 Å². The first kappa shape index (κ1) is 11.6. The molecular formula is C8H11F3N2S. The van der Waals surface area contributed by atoms with Gasteiger partial charge in [-0.2, -0.15) is 13.2 Å². The molecule has 1 rings (SSSR count). The summed E-state index contributed by atoms with van der Waals surface area (Å²) >= 11 is -0.179. The van der Waals surface area contributed by atoms with Gasteiger partial charge < -0.3 is 11.5 Å². The van der Waals surface area contributed by atoms with Crippen LogP contribution in [0.25, 0.3) is 0 Å². The number of allylic oxidation sites excluding steroid dienone is 1. The van der Waals surface area contributed by atoms with Crippen LogP contribution in [0.3, 0.4) is 0 Å². The van der Waals surface area contributed by atoms with Crippen molar-refractivity contribution in [1.29, 1.82) is 0 Å². The predicted octanol–water partition coefficient (Wildman–Crippen LogP) is 1.74. The van der Waals surface area contributed by atoms with E-state index in [1.165, 1.54) is 18.2 Å². The van der Waals surface area contributed by atoms with Crippen molar-refractivity contribution in [2.75, 3.05) is 0 Å². The van der Waals surface area contributed by atoms with Crippen LogP contribution in [-0.4, -0.2) is 17.1 Å². The molecule has 0 heterocycles. The standard InChI is InChI=1S/C8H11F3N2S/c1-7(13)3-2-5(4-6(7)12)14-8(9,10)11/h2-4,6H,12-13H2,1H3. The number of nitrogens with two attached hydrogens (primary N) is 2. The molecule has 80 valence electrons. The van der Waals surface area contributed by atoms with Crippen molar-refractivity contribution in [3.05, 3.63) is 23.1 Å². The average molecular weight is 224 g/mol. The first-order valence-electron chi connectivity index (χ1n) is 3.92. The molecular weight excluding hydrogens is 213 g/mol. The summed E-state index contributed by atoms with van der Waals surface area (Å²) in [5.74, 6) is 0. The Hall–Kier alpha value is -0.460. The molecule has 0 amide bonds. The first-order chi connectivity index (χ1) is 6.21. The molecule has 0 aliphatic heterocycles. The van der Waals surface area contributed by atoms with E-state index < -0.39 is 17.1 Å². The number of thioether (sulfide) groups is 1. The van der Waals surface area contributed by atoms with Crippen LogP contribution in [0.4, 0.5) is 13.2 Å². The van der Waals surface area contributed by atoms with Crippen molar-refractivity contribution >= 4 is 11.8 Å². The molecule has 14 heavy (non-hydrogen) atoms. The third kappa shape index (κ3) is 3.04. The molecule has 0 spiro atoms. The van der Waals surface area contributed by atoms with Crippen molar-refractivity contribution in [3.8, 4) is 0 Å². The van der Waals surface area contributed by atoms with Crippen LogP contribution in [-0.2, 0) is 0 Å². The van der Waals surface area contributed by atoms with E-state index in [1.54, 1.807) is 6.92 Å². The summed E-state index contributed by atoms with van der Waals surface area (Å²) in [4.78, 5) is 0.0907. The van der Waals surface area contributed by atoms with Crippen LogP contribution >= 0.6 is 11.8 Å². The normalized spacial score (nSPS) is 33.0. The number of hydrogen-bond acceptors (Lipinski definition) is 3. The summed E-state index contributed by atoms with van der Waals surface area (Å²) in [5.41, 5.74) is 6.24. The molecule has 1 aliphatic carbocycles. The third-order valence-electron chi connectivity index (χ3n) is 1.90. The maximum absolute atomic E-state index is 12.0. The highest BCUT2D eigenvalue weighted by Crippen LogP contribution is 2.38. The van der Waals surface area contributed by atoms with Gasteiger partial charge in [-0.3, -0.25) is 0 Å². The molecule has 0 fully saturated rings. The van der Waals surface area contributed by atoms with E-state index in [2.05, 4.69) is 0 Å². The van der Waals surface area contributed by atoms with Gasteiger partial charge in [0.05, 0.1) is 5.54 Å². The topological polar surface area (TPSA) is 52.0 Å². The molecule has 0 saturated heterocycles. The van der Waals surface area contributed by atoms with Gasteiger partial charge in [-0.15, -0.1) is 0 Å². The molecule has 0 aromatic heterocycles. The van der Waals surface area contributed by atoms with Gasteiger partial charge >= 0.3 is 5.51 Å². The second kappa shape index (κ2) is 3.60. The Morgan fingerprint density at radius 2 is 2.07 bits per heavy atom. The van der Waals surface area contributed by atoms with Gasteiger partial charge in [0.2, 0.25) is 0 Å². The number of rotatable bonds is 1. The lowest BCUT2D eigenvalue weighted by Gasteiger charge is -2.29. The highest BCUT2D eigenvalue weighted by atomic mass is 32.2. The second-order valence-corrected chi connectivity index (χ2v) is 4.48. The largest absolute Gasteiger partial charge is 0.446 e. The van der Waals surface area contributed by atoms with Gasteiger partial charge in [0.25, 0.3) is 0 Å². The van der Waals surface area contributed by atoms with Crippen molar-refractivity contribution in [1.82, 2.24) is 0 Å². The fourth-order valence-electron chi connectivity index (χ4n) is 0.987. The van der Waals surface area contributed by atoms with Gasteiger partial charge in [0.15, 0.2) is 0 Å². The summed E-state index contributed by atoms with van der Waals surface area (Å²) < 4.78 is 35.9. The van der Waals surface area contributed by atoms with E-state index in [9.17, 15) is 13.2 Å². The van der Waals surface area contributed by atoms with Gasteiger partial charge in [0, 0.05) is 10.9 Å². The summed E-state index contributed by atoms with van der Waals surface area (Å²) in [6.07, 6.45) is 4.17. The van der Waals surface area contributed by atoms with E-state index in [-0.39, 0.29) is 16.7 Å². The minimum absolute atomic E-state index is 0.0907. The Kier molecular flexibility index (Phi) is 2.99. The molecule has 0 bridgehead atoms. The van der Waals surface area contributed by atoms with Crippen molar-refractivity contribution in [3.63, 3.8) is 0 Å². The van der Waals surface area contributed by atoms with Gasteiger partial charge in [0.1, 0.15) is 0 Å². The van der Waals surface area contributed by atoms with Crippen molar-refractivity contribution in [2.24, 2.45) is 11.5 Å². The Morgan fingerprint density at radius 1 is 1.50 bits per heavy atom. The number of hydrogen-bond donors (Lipinski definition) is 2. The molecule has 2 atom stereocenters. The van der Waals surface area contributed by atoms with Crippen molar-refractivity contribution < 1.29 is 13.2 Å². The zero-order valence-electron chi connectivity index (χ0n) is 7.51. The quantitative estimate of drug-likeness (QED) is 0.713. The van der Waals surface area contributed by atoms with Crippen LogP contribution in [0.15, 0.2) is 23.1 Å². The average Bonchev–Trinajstić information content (AvgIpc) is 1.95. The maximum atomic E-state index is 12.0. The SMILES string of the molecule is CC1(N)C=CC(SC(F)(F)F)=CC1N. The maximum Gasteiger partial charge on any atom is 0.446 e. The van der Waals surface area contributed by atoms with E-state index in [0.29, 0.717) is 0 Å². The van der Waals surface area contributed by atoms with Gasteiger partial charge in [-0.25, -0.2) is 0 Å². The summed E-state index contributed by atoms with van der Waals surface area (Å²) in [6.45, 7) is 1.67. The Bertz CT molecular complexity index is 281. The van der Waals surface area contributed by atoms with Crippen molar-refractivity contribution in [2.45, 2.75) is 24.0 Å². The van der Waals surface area contributed by atoms with E-state index >= 15 is 0 Å². The Labute approximate surface area is 84.2 Å². The van der Waals surface area contributed by atoms with Crippen LogP contribution in [0.1, 0.15) is 6.92 Å². The van der Waals surface area contributed by atoms with Crippen LogP contribution in [0, 0.1) is 0 Å². The third-order valence-corrected chi connectivity index (χ3v) is 2.64. The first-order valence-corrected chi connectivity index (χ1v) is 4.74. The smallest absolute Gasteiger partial charge is 0.323 e. The predicted molar refractivity (Wildman–Crippen MR) is 51.4 cm³/mol. The van der Waals surface area contributed by atoms with Crippen LogP contribution in [0.2, 0.25) is 0 Å². The zero-order valence-corrected chi connectivity index (χ0v) is 8.32. The summed E-state index contributed by atoms with van der Waals surface area (Å²) in [7, 11) is 0. The fraction of sp³-hybridized carbons (Fsp3) is 0.500. The zero-order chi connectivity index (χ0) is 11.0. The molecule has 0 radical (unpaired) electrons. The molecule has 0 aromatic carbocycles. The number of alkyl halides is 3. The fourth-order valence-corrected chi connectivity index (χ4v) is 1.60. The lowest BCUT2D eigenvalue weighted by atomic mass is 9.90. The minimum Gasteiger partial charge on any atom is -0.323 e. The monoisotopic (exact) mass is 224 g/mol. The van der Waals surface area contributed by atoms with E-state index in [0.717, 1.165) is 0 Å². The lowest BCUT2D eigenvalue weighted by molar-refractivity contribution is -0.0321. The Balaban J connectivity index is 2.73. The molecule has 1 aliphatic rings. The molecule has 0 aromatic rings. The summed E-state index contributed by atoms with van der Waals surface area (Å²) in [5, 5.41) is 0. The molecule has 2 nitrogen and oxygen atoms in total. The minimum atomic E-state index is -4.28. The molecule has 6 heteroatoms. The highest BCUT2D eigenvalue weighted by Gasteiger charge is 2.33. The lowest BCUT2D eigenvalue weighted by Crippen LogP contribution is -2.51. The second-order valence-electron chi connectivity index (χ2n) is 3.34. The Morgan fingerprint density at radius 3 is 2.50 bits per heavy atom. The van der Waals surface area contributed by atoms with E-state index in [4.69, 9.17) is 11.5 Å². The van der Waals surface area contributed by atoms with Gasteiger partial charge in [-0.05, 0) is 18.7 Å². The molecule has 2 unspecified atom stereocenters. The number of halogens is 3.